The van der Waals surface area contributed by atoms with Crippen LogP contribution in [0, 0.1) is 11.3 Å². The Balaban J connectivity index is 1.66. The summed E-state index contributed by atoms with van der Waals surface area (Å²) in [5.74, 6) is 1.38. The molecule has 110 valence electrons. The Labute approximate surface area is 120 Å². The van der Waals surface area contributed by atoms with Crippen LogP contribution in [0.5, 0.6) is 0 Å². The number of aromatic amines is 1. The molecule has 2 fully saturated rings. The summed E-state index contributed by atoms with van der Waals surface area (Å²) < 4.78 is 0. The molecule has 0 bridgehead atoms. The molecule has 1 spiro atoms. The minimum absolute atomic E-state index is 0.158. The van der Waals surface area contributed by atoms with E-state index < -0.39 is 0 Å². The zero-order chi connectivity index (χ0) is 14.3. The zero-order valence-electron chi connectivity index (χ0n) is 12.8. The van der Waals surface area contributed by atoms with Crippen LogP contribution in [-0.2, 0) is 0 Å². The maximum Gasteiger partial charge on any atom is 0.257 e. The molecule has 1 saturated heterocycles. The third kappa shape index (κ3) is 2.15. The number of piperidine rings is 1. The fourth-order valence-electron chi connectivity index (χ4n) is 3.85. The van der Waals surface area contributed by atoms with Gasteiger partial charge in [-0.3, -0.25) is 9.89 Å². The van der Waals surface area contributed by atoms with E-state index in [1.807, 2.05) is 4.90 Å². The van der Waals surface area contributed by atoms with Crippen LogP contribution in [0.25, 0.3) is 0 Å². The van der Waals surface area contributed by atoms with Crippen LogP contribution in [0.15, 0.2) is 6.20 Å². The van der Waals surface area contributed by atoms with E-state index in [2.05, 4.69) is 31.0 Å². The monoisotopic (exact) mass is 275 g/mol. The normalized spacial score (nSPS) is 24.4. The largest absolute Gasteiger partial charge is 0.339 e. The summed E-state index contributed by atoms with van der Waals surface area (Å²) >= 11 is 0. The second-order valence-electron chi connectivity index (χ2n) is 6.82. The van der Waals surface area contributed by atoms with Crippen molar-refractivity contribution in [2.45, 2.75) is 52.4 Å². The number of hydrogen-bond acceptors (Lipinski definition) is 2. The van der Waals surface area contributed by atoms with E-state index in [1.54, 1.807) is 6.20 Å². The van der Waals surface area contributed by atoms with Crippen LogP contribution in [-0.4, -0.2) is 34.1 Å². The van der Waals surface area contributed by atoms with E-state index in [4.69, 9.17) is 0 Å². The summed E-state index contributed by atoms with van der Waals surface area (Å²) in [7, 11) is 0. The highest BCUT2D eigenvalue weighted by atomic mass is 16.2. The Morgan fingerprint density at radius 2 is 2.20 bits per heavy atom. The second-order valence-corrected chi connectivity index (χ2v) is 6.82. The molecule has 2 aliphatic rings. The number of likely N-dealkylation sites (tertiary alicyclic amines) is 1. The number of rotatable bonds is 3. The van der Waals surface area contributed by atoms with Gasteiger partial charge in [-0.1, -0.05) is 27.2 Å². The van der Waals surface area contributed by atoms with Gasteiger partial charge >= 0.3 is 0 Å². The minimum Gasteiger partial charge on any atom is -0.339 e. The first-order valence-electron chi connectivity index (χ1n) is 7.90. The summed E-state index contributed by atoms with van der Waals surface area (Å²) in [5, 5.41) is 7.03. The first kappa shape index (κ1) is 13.7. The number of hydrogen-bond donors (Lipinski definition) is 1. The molecule has 1 aromatic heterocycles. The molecule has 4 heteroatoms. The van der Waals surface area contributed by atoms with Crippen molar-refractivity contribution in [1.82, 2.24) is 15.1 Å². The van der Waals surface area contributed by atoms with Gasteiger partial charge in [0.25, 0.3) is 5.91 Å². The lowest BCUT2D eigenvalue weighted by Gasteiger charge is -2.33. The quantitative estimate of drug-likeness (QED) is 0.921. The van der Waals surface area contributed by atoms with Crippen molar-refractivity contribution in [2.75, 3.05) is 13.1 Å². The second kappa shape index (κ2) is 4.90. The van der Waals surface area contributed by atoms with E-state index in [0.29, 0.717) is 11.3 Å². The van der Waals surface area contributed by atoms with E-state index in [0.717, 1.165) is 30.3 Å². The molecule has 1 unspecified atom stereocenters. The lowest BCUT2D eigenvalue weighted by molar-refractivity contribution is 0.0667. The Morgan fingerprint density at radius 3 is 2.75 bits per heavy atom. The number of amides is 1. The van der Waals surface area contributed by atoms with Crippen molar-refractivity contribution in [3.05, 3.63) is 17.5 Å². The average Bonchev–Trinajstić information content (AvgIpc) is 2.90. The molecule has 1 amide bonds. The molecule has 0 radical (unpaired) electrons. The molecular formula is C16H25N3O. The Hall–Kier alpha value is -1.32. The van der Waals surface area contributed by atoms with Crippen molar-refractivity contribution in [2.24, 2.45) is 11.3 Å². The van der Waals surface area contributed by atoms with Gasteiger partial charge in [0.2, 0.25) is 0 Å². The Kier molecular flexibility index (Phi) is 3.35. The lowest BCUT2D eigenvalue weighted by Crippen LogP contribution is -2.39. The van der Waals surface area contributed by atoms with Gasteiger partial charge in [0.1, 0.15) is 0 Å². The van der Waals surface area contributed by atoms with E-state index in [-0.39, 0.29) is 5.91 Å². The average molecular weight is 275 g/mol. The van der Waals surface area contributed by atoms with Crippen molar-refractivity contribution < 1.29 is 4.79 Å². The van der Waals surface area contributed by atoms with Gasteiger partial charge in [-0.05, 0) is 36.5 Å². The topological polar surface area (TPSA) is 49.0 Å². The van der Waals surface area contributed by atoms with Crippen LogP contribution in [0.2, 0.25) is 0 Å². The van der Waals surface area contributed by atoms with E-state index in [9.17, 15) is 4.79 Å². The molecule has 1 aromatic rings. The van der Waals surface area contributed by atoms with Crippen LogP contribution >= 0.6 is 0 Å². The summed E-state index contributed by atoms with van der Waals surface area (Å²) in [6.07, 6.45) is 6.74. The van der Waals surface area contributed by atoms with Gasteiger partial charge in [-0.2, -0.15) is 5.10 Å². The van der Waals surface area contributed by atoms with Crippen LogP contribution < -0.4 is 0 Å². The van der Waals surface area contributed by atoms with Crippen LogP contribution in [0.3, 0.4) is 0 Å². The van der Waals surface area contributed by atoms with E-state index in [1.165, 1.54) is 25.7 Å². The maximum atomic E-state index is 12.6. The fraction of sp³-hybridized carbons (Fsp3) is 0.750. The van der Waals surface area contributed by atoms with Crippen LogP contribution in [0.1, 0.15) is 68.4 Å². The predicted molar refractivity (Wildman–Crippen MR) is 78.6 cm³/mol. The molecule has 1 N–H and O–H groups in total. The molecule has 3 rings (SSSR count). The van der Waals surface area contributed by atoms with E-state index >= 15 is 0 Å². The smallest absolute Gasteiger partial charge is 0.257 e. The van der Waals surface area contributed by atoms with Crippen molar-refractivity contribution >= 4 is 5.91 Å². The Bertz CT molecular complexity index is 498. The lowest BCUT2D eigenvalue weighted by atomic mass is 9.90. The molecular weight excluding hydrogens is 250 g/mol. The first-order valence-corrected chi connectivity index (χ1v) is 7.90. The van der Waals surface area contributed by atoms with Crippen molar-refractivity contribution in [1.29, 1.82) is 0 Å². The Morgan fingerprint density at radius 1 is 1.50 bits per heavy atom. The number of aromatic nitrogens is 2. The van der Waals surface area contributed by atoms with Gasteiger partial charge in [0, 0.05) is 13.1 Å². The molecule has 1 atom stereocenters. The summed E-state index contributed by atoms with van der Waals surface area (Å²) in [6, 6.07) is 0. The molecule has 1 saturated carbocycles. The SMILES string of the molecule is CCC1CC12CCN(C(=O)c1cn[nH]c1C(C)C)CC2. The standard InChI is InChI=1S/C16H25N3O/c1-4-12-9-16(12)5-7-19(8-6-16)15(20)13-10-17-18-14(13)11(2)3/h10-12H,4-9H2,1-3H3,(H,17,18). The summed E-state index contributed by atoms with van der Waals surface area (Å²) in [4.78, 5) is 14.7. The molecule has 1 aliphatic heterocycles. The van der Waals surface area contributed by atoms with Gasteiger partial charge in [0.05, 0.1) is 17.5 Å². The number of carbonyl (C=O) groups excluding carboxylic acids is 1. The highest BCUT2D eigenvalue weighted by Gasteiger charge is 2.53. The molecule has 2 heterocycles. The fourth-order valence-corrected chi connectivity index (χ4v) is 3.85. The molecule has 20 heavy (non-hydrogen) atoms. The molecule has 4 nitrogen and oxygen atoms in total. The highest BCUT2D eigenvalue weighted by Crippen LogP contribution is 2.60. The third-order valence-corrected chi connectivity index (χ3v) is 5.37. The molecule has 0 aromatic carbocycles. The summed E-state index contributed by atoms with van der Waals surface area (Å²) in [6.45, 7) is 8.30. The predicted octanol–water partition coefficient (Wildman–Crippen LogP) is 3.19. The van der Waals surface area contributed by atoms with Gasteiger partial charge < -0.3 is 4.90 Å². The van der Waals surface area contributed by atoms with Gasteiger partial charge in [-0.15, -0.1) is 0 Å². The number of H-pyrrole nitrogens is 1. The van der Waals surface area contributed by atoms with Crippen LogP contribution in [0.4, 0.5) is 0 Å². The third-order valence-electron chi connectivity index (χ3n) is 5.37. The highest BCUT2D eigenvalue weighted by molar-refractivity contribution is 5.95. The summed E-state index contributed by atoms with van der Waals surface area (Å²) in [5.41, 5.74) is 2.31. The van der Waals surface area contributed by atoms with Crippen molar-refractivity contribution in [3.63, 3.8) is 0 Å². The minimum atomic E-state index is 0.158. The number of carbonyl (C=O) groups is 1. The maximum absolute atomic E-state index is 12.6. The number of nitrogens with zero attached hydrogens (tertiary/aromatic N) is 2. The zero-order valence-corrected chi connectivity index (χ0v) is 12.8. The van der Waals surface area contributed by atoms with Gasteiger partial charge in [0.15, 0.2) is 0 Å². The number of nitrogens with one attached hydrogen (secondary N) is 1. The van der Waals surface area contributed by atoms with Gasteiger partial charge in [-0.25, -0.2) is 0 Å². The molecule has 1 aliphatic carbocycles. The first-order chi connectivity index (χ1) is 9.57. The van der Waals surface area contributed by atoms with Crippen molar-refractivity contribution in [3.8, 4) is 0 Å².